The Kier molecular flexibility index (Phi) is 7.80. The molecule has 1 aliphatic rings. The van der Waals surface area contributed by atoms with Crippen LogP contribution >= 0.6 is 0 Å². The van der Waals surface area contributed by atoms with E-state index in [0.717, 1.165) is 31.2 Å². The summed E-state index contributed by atoms with van der Waals surface area (Å²) in [6.07, 6.45) is 3.86. The molecule has 0 radical (unpaired) electrons. The molecule has 1 heterocycles. The smallest absolute Gasteiger partial charge is 0.251 e. The Hall–Kier alpha value is -2.29. The summed E-state index contributed by atoms with van der Waals surface area (Å²) in [4.78, 5) is 14.8. The van der Waals surface area contributed by atoms with E-state index in [0.29, 0.717) is 25.2 Å². The van der Waals surface area contributed by atoms with Crippen LogP contribution in [0.4, 0.5) is 4.39 Å². The third kappa shape index (κ3) is 5.90. The quantitative estimate of drug-likeness (QED) is 0.706. The molecule has 1 aliphatic heterocycles. The Morgan fingerprint density at radius 2 is 1.58 bits per heavy atom. The van der Waals surface area contributed by atoms with Crippen LogP contribution in [0, 0.1) is 5.82 Å². The number of amides is 1. The van der Waals surface area contributed by atoms with Gasteiger partial charge in [-0.15, -0.1) is 0 Å². The number of hydrogen-bond donors (Lipinski definition) is 1. The lowest BCUT2D eigenvalue weighted by molar-refractivity contribution is 0.0941. The Morgan fingerprint density at radius 3 is 2.13 bits per heavy atom. The van der Waals surface area contributed by atoms with Gasteiger partial charge in [0.15, 0.2) is 0 Å². The van der Waals surface area contributed by atoms with Gasteiger partial charge in [0.25, 0.3) is 5.91 Å². The number of benzene rings is 2. The molecule has 0 aliphatic carbocycles. The lowest BCUT2D eigenvalue weighted by Crippen LogP contribution is -2.34. The minimum absolute atomic E-state index is 0.118. The third-order valence-corrected chi connectivity index (χ3v) is 7.57. The number of likely N-dealkylation sites (N-methyl/N-ethyl adjacent to an activating group) is 1. The van der Waals surface area contributed by atoms with Crippen LogP contribution in [0.5, 0.6) is 0 Å². The van der Waals surface area contributed by atoms with Crippen LogP contribution in [0.25, 0.3) is 0 Å². The number of carbonyl (C=O) groups is 1. The van der Waals surface area contributed by atoms with Gasteiger partial charge in [0.05, 0.1) is 10.9 Å². The van der Waals surface area contributed by atoms with E-state index in [9.17, 15) is 17.6 Å². The molecule has 1 saturated heterocycles. The maximum atomic E-state index is 13.2. The molecule has 1 atom stereocenters. The fourth-order valence-electron chi connectivity index (χ4n) is 3.78. The first-order valence-corrected chi connectivity index (χ1v) is 12.0. The fraction of sp³-hybridized carbons (Fsp3) is 0.435. The first-order valence-electron chi connectivity index (χ1n) is 10.6. The lowest BCUT2D eigenvalue weighted by atomic mass is 10.1. The highest BCUT2D eigenvalue weighted by Crippen LogP contribution is 2.21. The summed E-state index contributed by atoms with van der Waals surface area (Å²) < 4.78 is 40.5. The van der Waals surface area contributed by atoms with Gasteiger partial charge in [-0.3, -0.25) is 4.79 Å². The summed E-state index contributed by atoms with van der Waals surface area (Å²) in [6.45, 7) is 1.42. The number of carbonyl (C=O) groups excluding carboxylic acids is 1. The molecule has 1 amide bonds. The Labute approximate surface area is 184 Å². The number of sulfonamides is 1. The van der Waals surface area contributed by atoms with Crippen LogP contribution in [0.2, 0.25) is 0 Å². The molecular formula is C23H30FN3O3S. The second-order valence-corrected chi connectivity index (χ2v) is 10.0. The second-order valence-electron chi connectivity index (χ2n) is 8.08. The van der Waals surface area contributed by atoms with Crippen molar-refractivity contribution in [1.29, 1.82) is 0 Å². The molecule has 6 nitrogen and oxygen atoms in total. The number of nitrogens with one attached hydrogen (secondary N) is 1. The molecule has 2 aromatic rings. The van der Waals surface area contributed by atoms with E-state index in [1.807, 2.05) is 19.0 Å². The van der Waals surface area contributed by atoms with Gasteiger partial charge in [0, 0.05) is 25.2 Å². The molecule has 1 N–H and O–H groups in total. The van der Waals surface area contributed by atoms with Gasteiger partial charge in [-0.1, -0.05) is 25.0 Å². The highest BCUT2D eigenvalue weighted by molar-refractivity contribution is 7.89. The SMILES string of the molecule is CN(C)C(CNC(=O)c1ccc(S(=O)(=O)N2CCCCCC2)cc1)c1ccc(F)cc1. The van der Waals surface area contributed by atoms with Crippen molar-refractivity contribution in [2.24, 2.45) is 0 Å². The normalized spacial score (nSPS) is 16.6. The predicted molar refractivity (Wildman–Crippen MR) is 119 cm³/mol. The highest BCUT2D eigenvalue weighted by Gasteiger charge is 2.25. The molecule has 31 heavy (non-hydrogen) atoms. The van der Waals surface area contributed by atoms with Crippen molar-refractivity contribution in [1.82, 2.24) is 14.5 Å². The first kappa shape index (κ1) is 23.4. The summed E-state index contributed by atoms with van der Waals surface area (Å²) in [7, 11) is 0.243. The summed E-state index contributed by atoms with van der Waals surface area (Å²) >= 11 is 0. The van der Waals surface area contributed by atoms with Crippen molar-refractivity contribution in [2.45, 2.75) is 36.6 Å². The van der Waals surface area contributed by atoms with Gasteiger partial charge in [-0.2, -0.15) is 4.31 Å². The third-order valence-electron chi connectivity index (χ3n) is 5.65. The number of hydrogen-bond acceptors (Lipinski definition) is 4. The van der Waals surface area contributed by atoms with Gasteiger partial charge in [-0.05, 0) is 68.9 Å². The molecule has 0 spiro atoms. The van der Waals surface area contributed by atoms with E-state index in [-0.39, 0.29) is 22.7 Å². The van der Waals surface area contributed by atoms with E-state index in [1.165, 1.54) is 24.3 Å². The standard InChI is InChI=1S/C23H30FN3O3S/c1-26(2)22(18-7-11-20(24)12-8-18)17-25-23(28)19-9-13-21(14-10-19)31(29,30)27-15-5-3-4-6-16-27/h7-14,22H,3-6,15-17H2,1-2H3,(H,25,28). The van der Waals surface area contributed by atoms with Crippen molar-refractivity contribution >= 4 is 15.9 Å². The first-order chi connectivity index (χ1) is 14.8. The van der Waals surface area contributed by atoms with Gasteiger partial charge in [0.2, 0.25) is 10.0 Å². The Balaban J connectivity index is 1.66. The number of halogens is 1. The van der Waals surface area contributed by atoms with Crippen LogP contribution in [-0.4, -0.2) is 57.3 Å². The zero-order valence-corrected chi connectivity index (χ0v) is 18.9. The molecule has 3 rings (SSSR count). The maximum Gasteiger partial charge on any atom is 0.251 e. The van der Waals surface area contributed by atoms with Crippen molar-refractivity contribution in [2.75, 3.05) is 33.7 Å². The van der Waals surface area contributed by atoms with Gasteiger partial charge >= 0.3 is 0 Å². The second kappa shape index (κ2) is 10.3. The van der Waals surface area contributed by atoms with E-state index in [1.54, 1.807) is 28.6 Å². The minimum Gasteiger partial charge on any atom is -0.350 e. The molecule has 0 bridgehead atoms. The molecule has 8 heteroatoms. The van der Waals surface area contributed by atoms with Crippen LogP contribution in [0.1, 0.15) is 47.6 Å². The Morgan fingerprint density at radius 1 is 1.00 bits per heavy atom. The average Bonchev–Trinajstić information content (AvgIpc) is 3.05. The van der Waals surface area contributed by atoms with Crippen LogP contribution in [-0.2, 0) is 10.0 Å². The highest BCUT2D eigenvalue weighted by atomic mass is 32.2. The van der Waals surface area contributed by atoms with Gasteiger partial charge < -0.3 is 10.2 Å². The summed E-state index contributed by atoms with van der Waals surface area (Å²) in [5, 5.41) is 2.89. The monoisotopic (exact) mass is 447 g/mol. The minimum atomic E-state index is -3.54. The topological polar surface area (TPSA) is 69.7 Å². The molecule has 168 valence electrons. The lowest BCUT2D eigenvalue weighted by Gasteiger charge is -2.25. The van der Waals surface area contributed by atoms with E-state index in [2.05, 4.69) is 5.32 Å². The van der Waals surface area contributed by atoms with Crippen molar-refractivity contribution < 1.29 is 17.6 Å². The van der Waals surface area contributed by atoms with Crippen molar-refractivity contribution in [3.05, 3.63) is 65.5 Å². The molecule has 1 unspecified atom stereocenters. The van der Waals surface area contributed by atoms with Crippen molar-refractivity contribution in [3.8, 4) is 0 Å². The fourth-order valence-corrected chi connectivity index (χ4v) is 5.30. The van der Waals surface area contributed by atoms with Crippen LogP contribution < -0.4 is 5.32 Å². The van der Waals surface area contributed by atoms with Crippen molar-refractivity contribution in [3.63, 3.8) is 0 Å². The molecule has 1 fully saturated rings. The van der Waals surface area contributed by atoms with Crippen LogP contribution in [0.15, 0.2) is 53.4 Å². The molecule has 2 aromatic carbocycles. The molecule has 0 aromatic heterocycles. The zero-order chi connectivity index (χ0) is 22.4. The summed E-state index contributed by atoms with van der Waals surface area (Å²) in [6, 6.07) is 12.2. The summed E-state index contributed by atoms with van der Waals surface area (Å²) in [5.74, 6) is -0.590. The van der Waals surface area contributed by atoms with E-state index < -0.39 is 10.0 Å². The zero-order valence-electron chi connectivity index (χ0n) is 18.1. The van der Waals surface area contributed by atoms with Gasteiger partial charge in [-0.25, -0.2) is 12.8 Å². The average molecular weight is 448 g/mol. The van der Waals surface area contributed by atoms with E-state index in [4.69, 9.17) is 0 Å². The van der Waals surface area contributed by atoms with Gasteiger partial charge in [0.1, 0.15) is 5.82 Å². The Bertz CT molecular complexity index is 968. The maximum absolute atomic E-state index is 13.2. The van der Waals surface area contributed by atoms with Crippen LogP contribution in [0.3, 0.4) is 0 Å². The molecular weight excluding hydrogens is 417 g/mol. The number of rotatable bonds is 7. The predicted octanol–water partition coefficient (Wildman–Crippen LogP) is 3.42. The summed E-state index contributed by atoms with van der Waals surface area (Å²) in [5.41, 5.74) is 1.29. The largest absolute Gasteiger partial charge is 0.350 e. The number of nitrogens with zero attached hydrogens (tertiary/aromatic N) is 2. The van der Waals surface area contributed by atoms with E-state index >= 15 is 0 Å². The molecule has 0 saturated carbocycles.